The molecule has 0 aliphatic carbocycles. The summed E-state index contributed by atoms with van der Waals surface area (Å²) in [6.45, 7) is 15.7. The third-order valence-electron chi connectivity index (χ3n) is 5.94. The van der Waals surface area contributed by atoms with Crippen molar-refractivity contribution in [2.75, 3.05) is 34.5 Å². The van der Waals surface area contributed by atoms with E-state index in [1.54, 1.807) is 13.8 Å². The summed E-state index contributed by atoms with van der Waals surface area (Å²) in [5.74, 6) is 6.32. The van der Waals surface area contributed by atoms with Gasteiger partial charge in [0.25, 0.3) is 0 Å². The van der Waals surface area contributed by atoms with Crippen molar-refractivity contribution >= 4 is 104 Å². The number of benzene rings is 1. The van der Waals surface area contributed by atoms with E-state index >= 15 is 0 Å². The topological polar surface area (TPSA) is 34.1 Å². The molecule has 0 saturated carbocycles. The molecule has 0 bridgehead atoms. The molecule has 1 aromatic rings. The first-order valence-electron chi connectivity index (χ1n) is 12.6. The fourth-order valence-corrected chi connectivity index (χ4v) is 15.4. The van der Waals surface area contributed by atoms with Gasteiger partial charge in [-0.05, 0) is 50.0 Å². The molecule has 10 heteroatoms. The van der Waals surface area contributed by atoms with E-state index in [2.05, 4.69) is 51.3 Å². The molecule has 6 unspecified atom stereocenters. The molecule has 0 N–H and O–H groups in total. The van der Waals surface area contributed by atoms with Gasteiger partial charge in [0, 0.05) is 55.5 Å². The van der Waals surface area contributed by atoms with Gasteiger partial charge < -0.3 is 0 Å². The predicted octanol–water partition coefficient (Wildman–Crippen LogP) is 9.30. The van der Waals surface area contributed by atoms with E-state index in [4.69, 9.17) is 0 Å². The molecule has 2 fully saturated rings. The zero-order valence-electron chi connectivity index (χ0n) is 22.5. The van der Waals surface area contributed by atoms with Crippen molar-refractivity contribution in [3.8, 4) is 0 Å². The number of carbonyl (C=O) groups excluding carboxylic acids is 2. The second-order valence-corrected chi connectivity index (χ2v) is 20.2. The Morgan fingerprint density at radius 3 is 1.63 bits per heavy atom. The van der Waals surface area contributed by atoms with Crippen LogP contribution in [0, 0.1) is 0 Å². The van der Waals surface area contributed by atoms with Crippen LogP contribution in [0.2, 0.25) is 0 Å². The highest BCUT2D eigenvalue weighted by Gasteiger charge is 2.28. The highest BCUT2D eigenvalue weighted by molar-refractivity contribution is 8.23. The van der Waals surface area contributed by atoms with Crippen LogP contribution in [0.5, 0.6) is 0 Å². The molecule has 2 aliphatic rings. The Morgan fingerprint density at radius 2 is 1.24 bits per heavy atom. The summed E-state index contributed by atoms with van der Waals surface area (Å²) in [6.07, 6.45) is 0. The summed E-state index contributed by atoms with van der Waals surface area (Å²) in [5.41, 5.74) is 4.12. The average molecular weight is 663 g/mol. The third kappa shape index (κ3) is 11.3. The maximum Gasteiger partial charge on any atom is 0.214 e. The van der Waals surface area contributed by atoms with Crippen molar-refractivity contribution < 1.29 is 9.59 Å². The summed E-state index contributed by atoms with van der Waals surface area (Å²) in [5, 5.41) is 2.30. The Balaban J connectivity index is 1.38. The lowest BCUT2D eigenvalue weighted by molar-refractivity contribution is -0.108. The summed E-state index contributed by atoms with van der Waals surface area (Å²) >= 11 is 15.1. The smallest absolute Gasteiger partial charge is 0.214 e. The first-order valence-corrected chi connectivity index (χ1v) is 20.7. The molecule has 0 amide bonds. The lowest BCUT2D eigenvalue weighted by Crippen LogP contribution is -2.08. The number of thioether (sulfide) groups is 8. The van der Waals surface area contributed by atoms with Crippen molar-refractivity contribution in [3.63, 3.8) is 0 Å². The van der Waals surface area contributed by atoms with Gasteiger partial charge in [0.05, 0.1) is 9.16 Å². The predicted molar refractivity (Wildman–Crippen MR) is 188 cm³/mol. The van der Waals surface area contributed by atoms with Gasteiger partial charge >= 0.3 is 0 Å². The summed E-state index contributed by atoms with van der Waals surface area (Å²) in [6, 6.07) is 9.17. The molecule has 2 aliphatic heterocycles. The molecule has 38 heavy (non-hydrogen) atoms. The lowest BCUT2D eigenvalue weighted by atomic mass is 10.1. The zero-order valence-corrected chi connectivity index (χ0v) is 29.0. The van der Waals surface area contributed by atoms with Crippen LogP contribution in [0.3, 0.4) is 0 Å². The third-order valence-corrected chi connectivity index (χ3v) is 18.7. The largest absolute Gasteiger partial charge is 0.282 e. The van der Waals surface area contributed by atoms with Crippen LogP contribution in [0.25, 0.3) is 0 Å². The van der Waals surface area contributed by atoms with Crippen LogP contribution >= 0.6 is 94.1 Å². The number of hydrogen-bond donors (Lipinski definition) is 0. The maximum atomic E-state index is 11.8. The summed E-state index contributed by atoms with van der Waals surface area (Å²) in [7, 11) is 0. The van der Waals surface area contributed by atoms with Gasteiger partial charge in [-0.1, -0.05) is 60.9 Å². The second kappa shape index (κ2) is 17.1. The Morgan fingerprint density at radius 1 is 0.816 bits per heavy atom. The molecule has 210 valence electrons. The van der Waals surface area contributed by atoms with Crippen LogP contribution in [0.15, 0.2) is 48.6 Å². The van der Waals surface area contributed by atoms with Crippen molar-refractivity contribution in [2.45, 2.75) is 57.9 Å². The Kier molecular flexibility index (Phi) is 15.0. The maximum absolute atomic E-state index is 11.8. The van der Waals surface area contributed by atoms with E-state index in [0.29, 0.717) is 41.3 Å². The van der Waals surface area contributed by atoms with Gasteiger partial charge in [-0.15, -0.1) is 47.0 Å². The van der Waals surface area contributed by atoms with Crippen LogP contribution in [0.1, 0.15) is 49.3 Å². The van der Waals surface area contributed by atoms with E-state index in [0.717, 1.165) is 34.5 Å². The molecule has 0 radical (unpaired) electrons. The van der Waals surface area contributed by atoms with Crippen molar-refractivity contribution in [1.82, 2.24) is 0 Å². The van der Waals surface area contributed by atoms with E-state index in [-0.39, 0.29) is 10.2 Å². The summed E-state index contributed by atoms with van der Waals surface area (Å²) in [4.78, 5) is 23.7. The Bertz CT molecular complexity index is 910. The Labute approximate surface area is 263 Å². The van der Waals surface area contributed by atoms with Crippen LogP contribution in [-0.2, 0) is 9.59 Å². The molecular formula is C28H38O2S8. The molecule has 0 aromatic heterocycles. The van der Waals surface area contributed by atoms with Gasteiger partial charge in [0.2, 0.25) is 10.2 Å². The minimum absolute atomic E-state index is 0.130. The molecule has 1 aromatic carbocycles. The van der Waals surface area contributed by atoms with Crippen LogP contribution < -0.4 is 0 Å². The van der Waals surface area contributed by atoms with Gasteiger partial charge in [-0.3, -0.25) is 9.59 Å². The molecule has 2 nitrogen and oxygen atoms in total. The number of carbonyl (C=O) groups is 2. The van der Waals surface area contributed by atoms with Gasteiger partial charge in [-0.25, -0.2) is 0 Å². The standard InChI is InChI=1S/C28H38O2S8/c1-17(2)27(29)35-13-23-11-33-25(37-23)15-31-19(5)21-8-7-9-22(10-21)20(6)32-16-26-34-12-24(38-26)14-36-28(30)18(3)4/h7-10,19-20,23-26H,1,3,11-16H2,2,4-6H3. The van der Waals surface area contributed by atoms with E-state index in [1.165, 1.54) is 34.7 Å². The van der Waals surface area contributed by atoms with E-state index in [9.17, 15) is 9.59 Å². The van der Waals surface area contributed by atoms with Gasteiger partial charge in [0.15, 0.2) is 0 Å². The quantitative estimate of drug-likeness (QED) is 0.180. The number of rotatable bonds is 14. The van der Waals surface area contributed by atoms with Crippen LogP contribution in [0.4, 0.5) is 0 Å². The Hall–Kier alpha value is 0.840. The molecule has 2 heterocycles. The SMILES string of the molecule is C=C(C)C(=O)SCC1CSC(CSC(C)c2cccc(C(C)SCC3SCC(CSC(=O)C(=C)C)S3)c2)S1. The first kappa shape index (κ1) is 33.3. The normalized spacial score (nSPS) is 24.7. The van der Waals surface area contributed by atoms with Crippen molar-refractivity contribution in [3.05, 3.63) is 59.7 Å². The molecule has 3 rings (SSSR count). The molecule has 6 atom stereocenters. The van der Waals surface area contributed by atoms with E-state index < -0.39 is 0 Å². The fourth-order valence-electron chi connectivity index (χ4n) is 3.65. The fraction of sp³-hybridized carbons (Fsp3) is 0.571. The van der Waals surface area contributed by atoms with E-state index in [1.807, 2.05) is 70.6 Å². The minimum Gasteiger partial charge on any atom is -0.282 e. The monoisotopic (exact) mass is 662 g/mol. The van der Waals surface area contributed by atoms with Gasteiger partial charge in [0.1, 0.15) is 0 Å². The molecule has 0 spiro atoms. The average Bonchev–Trinajstić information content (AvgIpc) is 3.56. The summed E-state index contributed by atoms with van der Waals surface area (Å²) < 4.78 is 1.21. The van der Waals surface area contributed by atoms with Crippen molar-refractivity contribution in [2.24, 2.45) is 0 Å². The van der Waals surface area contributed by atoms with Gasteiger partial charge in [-0.2, -0.15) is 23.5 Å². The zero-order chi connectivity index (χ0) is 27.7. The molecular weight excluding hydrogens is 625 g/mol. The highest BCUT2D eigenvalue weighted by Crippen LogP contribution is 2.45. The minimum atomic E-state index is 0.130. The van der Waals surface area contributed by atoms with Crippen LogP contribution in [-0.4, -0.2) is 64.4 Å². The molecule has 2 saturated heterocycles. The first-order chi connectivity index (χ1) is 18.1. The van der Waals surface area contributed by atoms with Crippen molar-refractivity contribution in [1.29, 1.82) is 0 Å². The highest BCUT2D eigenvalue weighted by atomic mass is 32.2. The number of hydrogen-bond acceptors (Lipinski definition) is 10. The second-order valence-electron chi connectivity index (χ2n) is 9.42. The lowest BCUT2D eigenvalue weighted by Gasteiger charge is -2.18.